The molecule has 132 valence electrons. The average Bonchev–Trinajstić information content (AvgIpc) is 2.63. The third-order valence-corrected chi connectivity index (χ3v) is 3.79. The maximum absolute atomic E-state index is 11.0. The van der Waals surface area contributed by atoms with E-state index in [1.54, 1.807) is 31.4 Å². The largest absolute Gasteiger partial charge is 0.478 e. The normalized spacial score (nSPS) is 10.5. The molecular weight excluding hydrogens is 330 g/mol. The summed E-state index contributed by atoms with van der Waals surface area (Å²) in [6, 6.07) is 16.3. The number of hydrogen-bond donors (Lipinski definition) is 2. The fourth-order valence-corrected chi connectivity index (χ4v) is 2.46. The molecule has 6 nitrogen and oxygen atoms in total. The minimum absolute atomic E-state index is 0.235. The number of aromatic nitrogens is 2. The van der Waals surface area contributed by atoms with E-state index < -0.39 is 5.97 Å². The van der Waals surface area contributed by atoms with Crippen LogP contribution >= 0.6 is 0 Å². The molecule has 0 unspecified atom stereocenters. The van der Waals surface area contributed by atoms with Crippen LogP contribution in [0, 0.1) is 6.92 Å². The molecule has 0 radical (unpaired) electrons. The van der Waals surface area contributed by atoms with E-state index in [1.807, 2.05) is 37.3 Å². The standard InChI is InChI=1S/C20H19N3O3/c1-13-3-5-14(6-4-13)19-22-17(12-26-2)11-18(23-19)21-16-9-7-15(8-10-16)20(24)25/h3-11H,12H2,1-2H3,(H,24,25)(H,21,22,23). The Hall–Kier alpha value is -3.25. The van der Waals surface area contributed by atoms with Gasteiger partial charge in [-0.3, -0.25) is 0 Å². The van der Waals surface area contributed by atoms with Crippen LogP contribution in [0.3, 0.4) is 0 Å². The van der Waals surface area contributed by atoms with Gasteiger partial charge in [0.1, 0.15) is 5.82 Å². The maximum Gasteiger partial charge on any atom is 0.335 e. The van der Waals surface area contributed by atoms with Gasteiger partial charge in [0.15, 0.2) is 5.82 Å². The van der Waals surface area contributed by atoms with Gasteiger partial charge in [-0.1, -0.05) is 29.8 Å². The number of carboxylic acids is 1. The zero-order valence-corrected chi connectivity index (χ0v) is 14.6. The summed E-state index contributed by atoms with van der Waals surface area (Å²) in [5.74, 6) is 0.262. The zero-order chi connectivity index (χ0) is 18.5. The van der Waals surface area contributed by atoms with Gasteiger partial charge in [0, 0.05) is 24.4 Å². The van der Waals surface area contributed by atoms with Gasteiger partial charge in [-0.05, 0) is 31.2 Å². The van der Waals surface area contributed by atoms with Crippen LogP contribution in [-0.2, 0) is 11.3 Å². The van der Waals surface area contributed by atoms with Crippen molar-refractivity contribution in [3.63, 3.8) is 0 Å². The van der Waals surface area contributed by atoms with Gasteiger partial charge in [-0.25, -0.2) is 14.8 Å². The number of methoxy groups -OCH3 is 1. The Balaban J connectivity index is 1.92. The van der Waals surface area contributed by atoms with Gasteiger partial charge >= 0.3 is 5.97 Å². The van der Waals surface area contributed by atoms with Gasteiger partial charge in [0.05, 0.1) is 17.9 Å². The Morgan fingerprint density at radius 2 is 1.77 bits per heavy atom. The Labute approximate surface area is 151 Å². The molecule has 6 heteroatoms. The molecule has 1 aromatic heterocycles. The van der Waals surface area contributed by atoms with E-state index in [4.69, 9.17) is 9.84 Å². The maximum atomic E-state index is 11.0. The van der Waals surface area contributed by atoms with Gasteiger partial charge in [0.25, 0.3) is 0 Å². The van der Waals surface area contributed by atoms with Crippen molar-refractivity contribution >= 4 is 17.5 Å². The van der Waals surface area contributed by atoms with E-state index >= 15 is 0 Å². The van der Waals surface area contributed by atoms with Crippen molar-refractivity contribution < 1.29 is 14.6 Å². The highest BCUT2D eigenvalue weighted by Gasteiger charge is 2.08. The number of carboxylic acid groups (broad SMARTS) is 1. The lowest BCUT2D eigenvalue weighted by Gasteiger charge is -2.10. The van der Waals surface area contributed by atoms with Crippen molar-refractivity contribution in [3.05, 3.63) is 71.4 Å². The minimum atomic E-state index is -0.956. The molecule has 3 rings (SSSR count). The highest BCUT2D eigenvalue weighted by Crippen LogP contribution is 2.22. The second-order valence-electron chi connectivity index (χ2n) is 5.87. The molecule has 0 spiro atoms. The zero-order valence-electron chi connectivity index (χ0n) is 14.6. The first-order valence-electron chi connectivity index (χ1n) is 8.09. The summed E-state index contributed by atoms with van der Waals surface area (Å²) >= 11 is 0. The van der Waals surface area contributed by atoms with Crippen LogP contribution < -0.4 is 5.32 Å². The molecule has 0 aliphatic rings. The van der Waals surface area contributed by atoms with E-state index in [2.05, 4.69) is 15.3 Å². The summed E-state index contributed by atoms with van der Waals surface area (Å²) in [6.45, 7) is 2.40. The van der Waals surface area contributed by atoms with E-state index in [1.165, 1.54) is 5.56 Å². The molecule has 0 atom stereocenters. The molecule has 0 amide bonds. The first-order valence-corrected chi connectivity index (χ1v) is 8.09. The summed E-state index contributed by atoms with van der Waals surface area (Å²) < 4.78 is 5.20. The Kier molecular flexibility index (Phi) is 5.24. The topological polar surface area (TPSA) is 84.3 Å². The van der Waals surface area contributed by atoms with Crippen LogP contribution in [-0.4, -0.2) is 28.2 Å². The van der Waals surface area contributed by atoms with Crippen molar-refractivity contribution in [1.82, 2.24) is 9.97 Å². The van der Waals surface area contributed by atoms with Crippen molar-refractivity contribution in [3.8, 4) is 11.4 Å². The lowest BCUT2D eigenvalue weighted by atomic mass is 10.1. The predicted octanol–water partition coefficient (Wildman–Crippen LogP) is 4.04. The highest BCUT2D eigenvalue weighted by atomic mass is 16.5. The van der Waals surface area contributed by atoms with Crippen LogP contribution in [0.2, 0.25) is 0 Å². The van der Waals surface area contributed by atoms with E-state index in [9.17, 15) is 4.79 Å². The number of anilines is 2. The number of carbonyl (C=O) groups is 1. The lowest BCUT2D eigenvalue weighted by molar-refractivity contribution is 0.0697. The fraction of sp³-hybridized carbons (Fsp3) is 0.150. The number of aryl methyl sites for hydroxylation is 1. The summed E-state index contributed by atoms with van der Waals surface area (Å²) in [7, 11) is 1.62. The number of nitrogens with one attached hydrogen (secondary N) is 1. The molecule has 1 heterocycles. The van der Waals surface area contributed by atoms with E-state index in [0.717, 1.165) is 16.9 Å². The number of nitrogens with zero attached hydrogens (tertiary/aromatic N) is 2. The molecule has 0 aliphatic carbocycles. The predicted molar refractivity (Wildman–Crippen MR) is 99.6 cm³/mol. The monoisotopic (exact) mass is 349 g/mol. The van der Waals surface area contributed by atoms with Crippen molar-refractivity contribution in [2.24, 2.45) is 0 Å². The van der Waals surface area contributed by atoms with Gasteiger partial charge in [-0.15, -0.1) is 0 Å². The second kappa shape index (κ2) is 7.76. The molecule has 2 aromatic carbocycles. The molecule has 0 saturated carbocycles. The third kappa shape index (κ3) is 4.23. The summed E-state index contributed by atoms with van der Waals surface area (Å²) in [6.07, 6.45) is 0. The molecule has 0 aliphatic heterocycles. The van der Waals surface area contributed by atoms with Crippen LogP contribution in [0.15, 0.2) is 54.6 Å². The SMILES string of the molecule is COCc1cc(Nc2ccc(C(=O)O)cc2)nc(-c2ccc(C)cc2)n1. The number of rotatable bonds is 6. The van der Waals surface area contributed by atoms with Crippen LogP contribution in [0.1, 0.15) is 21.6 Å². The first-order chi connectivity index (χ1) is 12.5. The minimum Gasteiger partial charge on any atom is -0.478 e. The highest BCUT2D eigenvalue weighted by molar-refractivity contribution is 5.88. The number of aromatic carboxylic acids is 1. The summed E-state index contributed by atoms with van der Waals surface area (Å²) in [4.78, 5) is 20.1. The molecule has 3 aromatic rings. The van der Waals surface area contributed by atoms with Gasteiger partial charge in [0.2, 0.25) is 0 Å². The molecule has 0 bridgehead atoms. The summed E-state index contributed by atoms with van der Waals surface area (Å²) in [5, 5.41) is 12.2. The Morgan fingerprint density at radius 1 is 1.08 bits per heavy atom. The van der Waals surface area contributed by atoms with E-state index in [0.29, 0.717) is 18.2 Å². The van der Waals surface area contributed by atoms with Crippen LogP contribution in [0.5, 0.6) is 0 Å². The molecule has 2 N–H and O–H groups in total. The van der Waals surface area contributed by atoms with Crippen molar-refractivity contribution in [1.29, 1.82) is 0 Å². The fourth-order valence-electron chi connectivity index (χ4n) is 2.46. The summed E-state index contributed by atoms with van der Waals surface area (Å²) in [5.41, 5.74) is 3.81. The average molecular weight is 349 g/mol. The molecule has 0 saturated heterocycles. The lowest BCUT2D eigenvalue weighted by Crippen LogP contribution is -2.02. The number of benzene rings is 2. The van der Waals surface area contributed by atoms with Crippen LogP contribution in [0.25, 0.3) is 11.4 Å². The van der Waals surface area contributed by atoms with Crippen LogP contribution in [0.4, 0.5) is 11.5 Å². The molecule has 0 fully saturated rings. The number of ether oxygens (including phenoxy) is 1. The molecule has 26 heavy (non-hydrogen) atoms. The van der Waals surface area contributed by atoms with Crippen molar-refractivity contribution in [2.75, 3.05) is 12.4 Å². The Bertz CT molecular complexity index is 907. The van der Waals surface area contributed by atoms with E-state index in [-0.39, 0.29) is 5.56 Å². The third-order valence-electron chi connectivity index (χ3n) is 3.79. The quantitative estimate of drug-likeness (QED) is 0.699. The Morgan fingerprint density at radius 3 is 2.38 bits per heavy atom. The smallest absolute Gasteiger partial charge is 0.335 e. The van der Waals surface area contributed by atoms with Gasteiger partial charge < -0.3 is 15.2 Å². The first kappa shape index (κ1) is 17.6. The number of hydrogen-bond acceptors (Lipinski definition) is 5. The van der Waals surface area contributed by atoms with Crippen molar-refractivity contribution in [2.45, 2.75) is 13.5 Å². The van der Waals surface area contributed by atoms with Gasteiger partial charge in [-0.2, -0.15) is 0 Å². The second-order valence-corrected chi connectivity index (χ2v) is 5.87. The molecular formula is C20H19N3O3.